The molecule has 0 radical (unpaired) electrons. The first-order valence-corrected chi connectivity index (χ1v) is 11.4. The van der Waals surface area contributed by atoms with Crippen LogP contribution in [0.25, 0.3) is 0 Å². The molecular weight excluding hydrogens is 412 g/mol. The third-order valence-corrected chi connectivity index (χ3v) is 6.34. The first-order valence-electron chi connectivity index (χ1n) is 9.93. The zero-order valence-corrected chi connectivity index (χ0v) is 18.6. The predicted octanol–water partition coefficient (Wildman–Crippen LogP) is 4.33. The molecule has 0 aliphatic heterocycles. The Morgan fingerprint density at radius 3 is 2.16 bits per heavy atom. The van der Waals surface area contributed by atoms with Gasteiger partial charge in [0.25, 0.3) is 15.9 Å². The molecule has 0 bridgehead atoms. The van der Waals surface area contributed by atoms with Crippen LogP contribution in [-0.4, -0.2) is 33.4 Å². The lowest BCUT2D eigenvalue weighted by atomic mass is 10.1. The minimum absolute atomic E-state index is 0.0627. The average molecular weight is 439 g/mol. The second kappa shape index (κ2) is 9.66. The molecule has 0 aliphatic carbocycles. The summed E-state index contributed by atoms with van der Waals surface area (Å²) in [5.41, 5.74) is 3.05. The van der Waals surface area contributed by atoms with Crippen molar-refractivity contribution < 1.29 is 17.9 Å². The maximum Gasteiger partial charge on any atom is 0.262 e. The quantitative estimate of drug-likeness (QED) is 0.568. The molecule has 0 spiro atoms. The minimum Gasteiger partial charge on any atom is -0.495 e. The SMILES string of the molecule is CCc1ccc(CN(C)C(=O)c2ccc(S(=O)(=O)Nc3ccccc3OC)cc2)cc1. The van der Waals surface area contributed by atoms with Crippen LogP contribution in [0.4, 0.5) is 5.69 Å². The van der Waals surface area contributed by atoms with Gasteiger partial charge in [-0.1, -0.05) is 43.3 Å². The van der Waals surface area contributed by atoms with Gasteiger partial charge in [-0.15, -0.1) is 0 Å². The minimum atomic E-state index is -3.82. The Morgan fingerprint density at radius 2 is 1.55 bits per heavy atom. The molecule has 31 heavy (non-hydrogen) atoms. The van der Waals surface area contributed by atoms with Crippen molar-refractivity contribution in [2.24, 2.45) is 0 Å². The average Bonchev–Trinajstić information content (AvgIpc) is 2.79. The van der Waals surface area contributed by atoms with Gasteiger partial charge in [-0.3, -0.25) is 9.52 Å². The molecule has 3 rings (SSSR count). The van der Waals surface area contributed by atoms with E-state index in [-0.39, 0.29) is 10.8 Å². The van der Waals surface area contributed by atoms with Gasteiger partial charge >= 0.3 is 0 Å². The Kier molecular flexibility index (Phi) is 6.97. The van der Waals surface area contributed by atoms with Gasteiger partial charge in [-0.2, -0.15) is 0 Å². The number of methoxy groups -OCH3 is 1. The number of rotatable bonds is 8. The third kappa shape index (κ3) is 5.44. The van der Waals surface area contributed by atoms with Crippen molar-refractivity contribution in [1.29, 1.82) is 0 Å². The molecule has 0 saturated carbocycles. The molecule has 6 nitrogen and oxygen atoms in total. The highest BCUT2D eigenvalue weighted by molar-refractivity contribution is 7.92. The summed E-state index contributed by atoms with van der Waals surface area (Å²) in [5, 5.41) is 0. The molecule has 7 heteroatoms. The summed E-state index contributed by atoms with van der Waals surface area (Å²) >= 11 is 0. The number of hydrogen-bond donors (Lipinski definition) is 1. The molecular formula is C24H26N2O4S. The Balaban J connectivity index is 1.71. The fourth-order valence-corrected chi connectivity index (χ4v) is 4.23. The first-order chi connectivity index (χ1) is 14.8. The second-order valence-corrected chi connectivity index (χ2v) is 8.84. The number of para-hydroxylation sites is 2. The zero-order chi connectivity index (χ0) is 22.4. The number of hydrogen-bond acceptors (Lipinski definition) is 4. The van der Waals surface area contributed by atoms with Crippen LogP contribution < -0.4 is 9.46 Å². The molecule has 0 fully saturated rings. The zero-order valence-electron chi connectivity index (χ0n) is 17.8. The number of benzene rings is 3. The van der Waals surface area contributed by atoms with Crippen LogP contribution >= 0.6 is 0 Å². The van der Waals surface area contributed by atoms with Crippen LogP contribution in [0.3, 0.4) is 0 Å². The van der Waals surface area contributed by atoms with Gasteiger partial charge in [0.1, 0.15) is 5.75 Å². The van der Waals surface area contributed by atoms with Crippen LogP contribution in [0.15, 0.2) is 77.7 Å². The summed E-state index contributed by atoms with van der Waals surface area (Å²) in [5.74, 6) is 0.243. The highest BCUT2D eigenvalue weighted by Crippen LogP contribution is 2.26. The van der Waals surface area contributed by atoms with E-state index in [0.29, 0.717) is 23.5 Å². The van der Waals surface area contributed by atoms with Crippen molar-refractivity contribution in [1.82, 2.24) is 4.90 Å². The summed E-state index contributed by atoms with van der Waals surface area (Å²) in [4.78, 5) is 14.4. The molecule has 162 valence electrons. The van der Waals surface area contributed by atoms with E-state index in [4.69, 9.17) is 4.74 Å². The lowest BCUT2D eigenvalue weighted by Crippen LogP contribution is -2.26. The van der Waals surface area contributed by atoms with Crippen molar-refractivity contribution in [3.8, 4) is 5.75 Å². The number of carbonyl (C=O) groups is 1. The molecule has 0 saturated heterocycles. The fourth-order valence-electron chi connectivity index (χ4n) is 3.16. The maximum atomic E-state index is 12.8. The van der Waals surface area contributed by atoms with Crippen LogP contribution in [0.5, 0.6) is 5.75 Å². The number of ether oxygens (including phenoxy) is 1. The van der Waals surface area contributed by atoms with Gasteiger partial charge in [-0.05, 0) is 53.9 Å². The maximum absolute atomic E-state index is 12.8. The standard InChI is InChI=1S/C24H26N2O4S/c1-4-18-9-11-19(12-10-18)17-26(2)24(27)20-13-15-21(16-14-20)31(28,29)25-22-7-5-6-8-23(22)30-3/h5-16,25H,4,17H2,1-3H3. The van der Waals surface area contributed by atoms with E-state index in [1.807, 2.05) is 12.1 Å². The summed E-state index contributed by atoms with van der Waals surface area (Å²) in [7, 11) is -0.618. The fraction of sp³-hybridized carbons (Fsp3) is 0.208. The number of carbonyl (C=O) groups excluding carboxylic acids is 1. The van der Waals surface area contributed by atoms with Gasteiger partial charge in [0.2, 0.25) is 0 Å². The number of nitrogens with zero attached hydrogens (tertiary/aromatic N) is 1. The van der Waals surface area contributed by atoms with Crippen molar-refractivity contribution in [3.05, 3.63) is 89.5 Å². The molecule has 0 heterocycles. The van der Waals surface area contributed by atoms with E-state index < -0.39 is 10.0 Å². The topological polar surface area (TPSA) is 75.7 Å². The second-order valence-electron chi connectivity index (χ2n) is 7.16. The Bertz CT molecular complexity index is 1140. The molecule has 1 N–H and O–H groups in total. The van der Waals surface area contributed by atoms with Crippen LogP contribution in [0.1, 0.15) is 28.4 Å². The summed E-state index contributed by atoms with van der Waals surface area (Å²) in [6.45, 7) is 2.57. The Labute approximate surface area is 183 Å². The molecule has 0 aliphatic rings. The monoisotopic (exact) mass is 438 g/mol. The van der Waals surface area contributed by atoms with Gasteiger partial charge in [0, 0.05) is 19.2 Å². The Hall–Kier alpha value is -3.32. The van der Waals surface area contributed by atoms with Crippen LogP contribution in [-0.2, 0) is 23.0 Å². The molecule has 0 atom stereocenters. The van der Waals surface area contributed by atoms with Crippen LogP contribution in [0.2, 0.25) is 0 Å². The number of aryl methyl sites for hydroxylation is 1. The first kappa shape index (κ1) is 22.4. The van der Waals surface area contributed by atoms with E-state index in [1.54, 1.807) is 36.2 Å². The largest absolute Gasteiger partial charge is 0.495 e. The highest BCUT2D eigenvalue weighted by atomic mass is 32.2. The molecule has 0 aromatic heterocycles. The van der Waals surface area contributed by atoms with Crippen molar-refractivity contribution >= 4 is 21.6 Å². The van der Waals surface area contributed by atoms with Crippen LogP contribution in [0, 0.1) is 0 Å². The number of nitrogens with one attached hydrogen (secondary N) is 1. The summed E-state index contributed by atoms with van der Waals surface area (Å²) in [6, 6.07) is 20.8. The molecule has 0 unspecified atom stereocenters. The van der Waals surface area contributed by atoms with E-state index in [0.717, 1.165) is 12.0 Å². The van der Waals surface area contributed by atoms with E-state index in [9.17, 15) is 13.2 Å². The van der Waals surface area contributed by atoms with Gasteiger partial charge < -0.3 is 9.64 Å². The normalized spacial score (nSPS) is 11.1. The molecule has 1 amide bonds. The summed E-state index contributed by atoms with van der Waals surface area (Å²) in [6.07, 6.45) is 0.968. The van der Waals surface area contributed by atoms with Crippen molar-refractivity contribution in [2.75, 3.05) is 18.9 Å². The number of anilines is 1. The van der Waals surface area contributed by atoms with Gasteiger partial charge in [0.05, 0.1) is 17.7 Å². The van der Waals surface area contributed by atoms with E-state index in [1.165, 1.54) is 36.9 Å². The Morgan fingerprint density at radius 1 is 0.935 bits per heavy atom. The third-order valence-electron chi connectivity index (χ3n) is 4.96. The highest BCUT2D eigenvalue weighted by Gasteiger charge is 2.18. The van der Waals surface area contributed by atoms with Gasteiger partial charge in [-0.25, -0.2) is 8.42 Å². The molecule has 3 aromatic carbocycles. The molecule has 3 aromatic rings. The van der Waals surface area contributed by atoms with Crippen molar-refractivity contribution in [3.63, 3.8) is 0 Å². The lowest BCUT2D eigenvalue weighted by molar-refractivity contribution is 0.0785. The lowest BCUT2D eigenvalue weighted by Gasteiger charge is -2.18. The predicted molar refractivity (Wildman–Crippen MR) is 122 cm³/mol. The van der Waals surface area contributed by atoms with E-state index >= 15 is 0 Å². The number of amides is 1. The summed E-state index contributed by atoms with van der Waals surface area (Å²) < 4.78 is 33.1. The van der Waals surface area contributed by atoms with Gasteiger partial charge in [0.15, 0.2) is 0 Å². The number of sulfonamides is 1. The van der Waals surface area contributed by atoms with Crippen molar-refractivity contribution in [2.45, 2.75) is 24.8 Å². The van der Waals surface area contributed by atoms with E-state index in [2.05, 4.69) is 23.8 Å². The smallest absolute Gasteiger partial charge is 0.262 e.